The summed E-state index contributed by atoms with van der Waals surface area (Å²) in [6.45, 7) is 2.53. The van der Waals surface area contributed by atoms with Crippen molar-refractivity contribution < 1.29 is 14.4 Å². The monoisotopic (exact) mass is 404 g/mol. The number of hydrogen-bond acceptors (Lipinski definition) is 5. The molecule has 4 rings (SSSR count). The maximum atomic E-state index is 13.4. The molecule has 1 unspecified atom stereocenters. The SMILES string of the molecule is CC[n+]1c(O)c(-c2ccc(OC)cc2)c(=O)n2c1CCC2c1cnc(Cl)s1. The van der Waals surface area contributed by atoms with E-state index in [4.69, 9.17) is 16.3 Å². The first-order valence-electron chi connectivity index (χ1n) is 8.71. The fourth-order valence-electron chi connectivity index (χ4n) is 3.72. The summed E-state index contributed by atoms with van der Waals surface area (Å²) in [5.74, 6) is 1.52. The van der Waals surface area contributed by atoms with Gasteiger partial charge in [0, 0.05) is 12.6 Å². The minimum Gasteiger partial charge on any atom is -0.497 e. The molecule has 6 nitrogen and oxygen atoms in total. The van der Waals surface area contributed by atoms with Gasteiger partial charge in [0.1, 0.15) is 11.8 Å². The first-order chi connectivity index (χ1) is 13.0. The van der Waals surface area contributed by atoms with Crippen LogP contribution < -0.4 is 14.9 Å². The van der Waals surface area contributed by atoms with Gasteiger partial charge in [-0.3, -0.25) is 0 Å². The van der Waals surface area contributed by atoms with Gasteiger partial charge in [0.05, 0.1) is 25.0 Å². The largest absolute Gasteiger partial charge is 0.497 e. The quantitative estimate of drug-likeness (QED) is 0.678. The van der Waals surface area contributed by atoms with E-state index in [0.29, 0.717) is 34.3 Å². The summed E-state index contributed by atoms with van der Waals surface area (Å²) >= 11 is 7.40. The van der Waals surface area contributed by atoms with Crippen molar-refractivity contribution in [2.24, 2.45) is 0 Å². The highest BCUT2D eigenvalue weighted by Gasteiger charge is 2.39. The minimum atomic E-state index is -0.204. The molecule has 1 aliphatic heterocycles. The van der Waals surface area contributed by atoms with Gasteiger partial charge in [0.15, 0.2) is 10.0 Å². The molecule has 0 spiro atoms. The van der Waals surface area contributed by atoms with Gasteiger partial charge in [0.2, 0.25) is 0 Å². The van der Waals surface area contributed by atoms with Crippen LogP contribution in [-0.4, -0.2) is 21.8 Å². The third-order valence-corrected chi connectivity index (χ3v) is 6.19. The van der Waals surface area contributed by atoms with E-state index in [1.165, 1.54) is 11.3 Å². The molecule has 0 aliphatic carbocycles. The van der Waals surface area contributed by atoms with E-state index in [-0.39, 0.29) is 17.5 Å². The van der Waals surface area contributed by atoms with E-state index in [1.807, 2.05) is 11.5 Å². The number of ether oxygens (including phenoxy) is 1. The van der Waals surface area contributed by atoms with E-state index in [9.17, 15) is 9.90 Å². The van der Waals surface area contributed by atoms with Gasteiger partial charge < -0.3 is 9.84 Å². The second kappa shape index (κ2) is 6.98. The van der Waals surface area contributed by atoms with Crippen LogP contribution >= 0.6 is 22.9 Å². The van der Waals surface area contributed by atoms with Gasteiger partial charge in [0.25, 0.3) is 11.7 Å². The Bertz CT molecular complexity index is 1060. The number of benzene rings is 1. The zero-order valence-corrected chi connectivity index (χ0v) is 16.5. The van der Waals surface area contributed by atoms with Gasteiger partial charge >= 0.3 is 5.56 Å². The maximum Gasteiger partial charge on any atom is 0.349 e. The minimum absolute atomic E-state index is 0.00176. The van der Waals surface area contributed by atoms with Crippen molar-refractivity contribution in [2.75, 3.05) is 7.11 Å². The van der Waals surface area contributed by atoms with Crippen LogP contribution in [0.15, 0.2) is 35.3 Å². The van der Waals surface area contributed by atoms with Gasteiger partial charge in [-0.2, -0.15) is 9.13 Å². The number of aromatic hydroxyl groups is 1. The van der Waals surface area contributed by atoms with Crippen molar-refractivity contribution in [1.82, 2.24) is 9.55 Å². The summed E-state index contributed by atoms with van der Waals surface area (Å²) in [6, 6.07) is 7.02. The van der Waals surface area contributed by atoms with Crippen LogP contribution in [0, 0.1) is 0 Å². The Hall–Kier alpha value is -2.38. The maximum absolute atomic E-state index is 13.4. The fourth-order valence-corrected chi connectivity index (χ4v) is 4.80. The van der Waals surface area contributed by atoms with Crippen molar-refractivity contribution in [3.05, 3.63) is 56.0 Å². The Morgan fingerprint density at radius 3 is 2.74 bits per heavy atom. The fraction of sp³-hybridized carbons (Fsp3) is 0.316. The van der Waals surface area contributed by atoms with Crippen molar-refractivity contribution in [2.45, 2.75) is 32.4 Å². The highest BCUT2D eigenvalue weighted by molar-refractivity contribution is 7.15. The molecule has 8 heteroatoms. The Kier molecular flexibility index (Phi) is 4.65. The smallest absolute Gasteiger partial charge is 0.349 e. The van der Waals surface area contributed by atoms with Crippen molar-refractivity contribution in [3.63, 3.8) is 0 Å². The highest BCUT2D eigenvalue weighted by Crippen LogP contribution is 2.35. The second-order valence-electron chi connectivity index (χ2n) is 6.33. The van der Waals surface area contributed by atoms with Crippen LogP contribution in [-0.2, 0) is 13.0 Å². The zero-order valence-electron chi connectivity index (χ0n) is 15.0. The summed E-state index contributed by atoms with van der Waals surface area (Å²) in [7, 11) is 1.59. The predicted molar refractivity (Wildman–Crippen MR) is 104 cm³/mol. The molecule has 1 aromatic carbocycles. The van der Waals surface area contributed by atoms with Crippen molar-refractivity contribution in [1.29, 1.82) is 0 Å². The summed E-state index contributed by atoms with van der Waals surface area (Å²) in [5, 5.41) is 10.9. The molecule has 1 atom stereocenters. The van der Waals surface area contributed by atoms with E-state index in [0.717, 1.165) is 17.1 Å². The van der Waals surface area contributed by atoms with E-state index < -0.39 is 0 Å². The van der Waals surface area contributed by atoms with Crippen LogP contribution in [0.4, 0.5) is 0 Å². The average molecular weight is 405 g/mol. The number of nitrogens with zero attached hydrogens (tertiary/aromatic N) is 3. The lowest BCUT2D eigenvalue weighted by Gasteiger charge is -2.13. The molecule has 0 saturated carbocycles. The van der Waals surface area contributed by atoms with Crippen LogP contribution in [0.3, 0.4) is 0 Å². The first-order valence-corrected chi connectivity index (χ1v) is 9.90. The molecule has 0 bridgehead atoms. The van der Waals surface area contributed by atoms with E-state index in [1.54, 1.807) is 42.1 Å². The summed E-state index contributed by atoms with van der Waals surface area (Å²) < 4.78 is 9.25. The standard InChI is InChI=1S/C19H18ClN3O3S/c1-3-22-15-9-8-13(14-10-21-19(20)27-14)23(15)18(25)16(17(22)24)11-4-6-12(26-2)7-5-11/h4-7,10,13H,3,8-9H2,1-2H3/p+1. The highest BCUT2D eigenvalue weighted by atomic mass is 35.5. The molecule has 140 valence electrons. The zero-order chi connectivity index (χ0) is 19.1. The Morgan fingerprint density at radius 2 is 2.15 bits per heavy atom. The summed E-state index contributed by atoms with van der Waals surface area (Å²) in [5.41, 5.74) is 0.749. The molecular formula is C19H19ClN3O3S+. The van der Waals surface area contributed by atoms with E-state index >= 15 is 0 Å². The molecule has 1 N–H and O–H groups in total. The van der Waals surface area contributed by atoms with Crippen LogP contribution in [0.5, 0.6) is 11.6 Å². The molecule has 1 aliphatic rings. The molecule has 0 saturated heterocycles. The van der Waals surface area contributed by atoms with Crippen LogP contribution in [0.1, 0.15) is 30.1 Å². The number of aromatic nitrogens is 3. The van der Waals surface area contributed by atoms with E-state index in [2.05, 4.69) is 4.98 Å². The third-order valence-electron chi connectivity index (χ3n) is 4.97. The van der Waals surface area contributed by atoms with Gasteiger partial charge in [-0.05, 0) is 24.6 Å². The third kappa shape index (κ3) is 2.91. The molecule has 2 aromatic heterocycles. The summed E-state index contributed by atoms with van der Waals surface area (Å²) in [4.78, 5) is 18.5. The predicted octanol–water partition coefficient (Wildman–Crippen LogP) is 3.18. The number of thiazole rings is 1. The lowest BCUT2D eigenvalue weighted by molar-refractivity contribution is -0.709. The molecular weight excluding hydrogens is 386 g/mol. The molecule has 3 heterocycles. The number of hydrogen-bond donors (Lipinski definition) is 1. The molecule has 3 aromatic rings. The van der Waals surface area contributed by atoms with Crippen molar-refractivity contribution in [3.8, 4) is 22.8 Å². The normalized spacial score (nSPS) is 15.7. The number of fused-ring (bicyclic) bond motifs is 1. The van der Waals surface area contributed by atoms with Gasteiger partial charge in [-0.1, -0.05) is 23.7 Å². The molecule has 0 radical (unpaired) electrons. The Morgan fingerprint density at radius 1 is 1.41 bits per heavy atom. The lowest BCUT2D eigenvalue weighted by atomic mass is 10.1. The van der Waals surface area contributed by atoms with Crippen LogP contribution in [0.2, 0.25) is 4.47 Å². The molecule has 0 amide bonds. The topological polar surface area (TPSA) is 68.2 Å². The lowest BCUT2D eigenvalue weighted by Crippen LogP contribution is -2.44. The average Bonchev–Trinajstić information content (AvgIpc) is 3.29. The van der Waals surface area contributed by atoms with Crippen LogP contribution in [0.25, 0.3) is 11.1 Å². The summed E-state index contributed by atoms with van der Waals surface area (Å²) in [6.07, 6.45) is 3.22. The molecule has 0 fully saturated rings. The number of methoxy groups -OCH3 is 1. The second-order valence-corrected chi connectivity index (χ2v) is 7.98. The van der Waals surface area contributed by atoms with Gasteiger partial charge in [-0.15, -0.1) is 11.3 Å². The Balaban J connectivity index is 1.94. The number of rotatable bonds is 4. The van der Waals surface area contributed by atoms with Gasteiger partial charge in [-0.25, -0.2) is 9.78 Å². The Labute approximate surface area is 165 Å². The number of halogens is 1. The van der Waals surface area contributed by atoms with Crippen molar-refractivity contribution >= 4 is 22.9 Å². The first kappa shape index (κ1) is 18.0. The molecule has 27 heavy (non-hydrogen) atoms.